The molecule has 0 bridgehead atoms. The Bertz CT molecular complexity index is 818. The Morgan fingerprint density at radius 1 is 1.18 bits per heavy atom. The minimum Gasteiger partial charge on any atom is -0.371 e. The van der Waals surface area contributed by atoms with E-state index in [1.54, 1.807) is 0 Å². The molecule has 1 aromatic heterocycles. The first kappa shape index (κ1) is 20.4. The van der Waals surface area contributed by atoms with E-state index in [1.165, 1.54) is 24.1 Å². The minimum absolute atomic E-state index is 0.145. The summed E-state index contributed by atoms with van der Waals surface area (Å²) in [7, 11) is 1.91. The van der Waals surface area contributed by atoms with Gasteiger partial charge in [-0.2, -0.15) is 5.10 Å². The molecule has 0 unspecified atom stereocenters. The normalized spacial score (nSPS) is 14.1. The number of hydrogen-bond donors (Lipinski definition) is 0. The number of likely N-dealkylation sites (N-methyl/N-ethyl adjacent to an activating group) is 1. The Kier molecular flexibility index (Phi) is 6.42. The predicted octanol–water partition coefficient (Wildman–Crippen LogP) is 3.96. The van der Waals surface area contributed by atoms with Gasteiger partial charge in [0.15, 0.2) is 0 Å². The van der Waals surface area contributed by atoms with Crippen molar-refractivity contribution < 1.29 is 4.79 Å². The van der Waals surface area contributed by atoms with E-state index in [-0.39, 0.29) is 5.91 Å². The van der Waals surface area contributed by atoms with E-state index in [0.29, 0.717) is 18.9 Å². The Morgan fingerprint density at radius 2 is 1.86 bits per heavy atom. The number of hydrogen-bond acceptors (Lipinski definition) is 3. The van der Waals surface area contributed by atoms with Crippen molar-refractivity contribution in [3.63, 3.8) is 0 Å². The molecule has 1 aromatic carbocycles. The molecule has 0 N–H and O–H groups in total. The highest BCUT2D eigenvalue weighted by Crippen LogP contribution is 2.25. The van der Waals surface area contributed by atoms with Crippen LogP contribution in [0.15, 0.2) is 24.3 Å². The summed E-state index contributed by atoms with van der Waals surface area (Å²) in [6, 6.07) is 8.49. The molecular weight excluding hydrogens is 348 g/mol. The van der Waals surface area contributed by atoms with Crippen LogP contribution in [0.5, 0.6) is 0 Å². The Morgan fingerprint density at radius 3 is 2.54 bits per heavy atom. The number of carbonyl (C=O) groups excluding carboxylic acids is 1. The second-order valence-corrected chi connectivity index (χ2v) is 8.47. The molecule has 28 heavy (non-hydrogen) atoms. The van der Waals surface area contributed by atoms with E-state index in [0.717, 1.165) is 36.6 Å². The smallest absolute Gasteiger partial charge is 0.227 e. The molecule has 2 heterocycles. The minimum atomic E-state index is 0.145. The van der Waals surface area contributed by atoms with Crippen molar-refractivity contribution in [1.82, 2.24) is 14.7 Å². The highest BCUT2D eigenvalue weighted by Gasteiger charge is 2.20. The number of aromatic nitrogens is 2. The molecule has 2 aromatic rings. The van der Waals surface area contributed by atoms with Crippen LogP contribution >= 0.6 is 0 Å². The molecule has 1 saturated heterocycles. The summed E-state index contributed by atoms with van der Waals surface area (Å²) < 4.78 is 2.05. The van der Waals surface area contributed by atoms with Crippen LogP contribution in [0.25, 0.3) is 0 Å². The molecule has 1 amide bonds. The quantitative estimate of drug-likeness (QED) is 0.728. The molecule has 0 saturated carbocycles. The third-order valence-corrected chi connectivity index (χ3v) is 5.67. The highest BCUT2D eigenvalue weighted by atomic mass is 16.2. The van der Waals surface area contributed by atoms with Crippen molar-refractivity contribution in [2.24, 2.45) is 5.92 Å². The zero-order valence-corrected chi connectivity index (χ0v) is 18.0. The lowest BCUT2D eigenvalue weighted by Crippen LogP contribution is -2.29. The molecule has 0 atom stereocenters. The van der Waals surface area contributed by atoms with Crippen LogP contribution < -0.4 is 4.90 Å². The topological polar surface area (TPSA) is 41.4 Å². The first-order valence-electron chi connectivity index (χ1n) is 10.5. The van der Waals surface area contributed by atoms with Gasteiger partial charge in [-0.1, -0.05) is 32.0 Å². The van der Waals surface area contributed by atoms with Crippen molar-refractivity contribution >= 4 is 11.6 Å². The molecule has 0 radical (unpaired) electrons. The van der Waals surface area contributed by atoms with Crippen LogP contribution in [0.2, 0.25) is 0 Å². The number of amides is 1. The van der Waals surface area contributed by atoms with Gasteiger partial charge in [0.25, 0.3) is 0 Å². The van der Waals surface area contributed by atoms with Gasteiger partial charge < -0.3 is 9.80 Å². The standard InChI is InChI=1S/C23H34N4O/c1-17(2)15-27-19(4)21(18(3)24-27)14-23(28)25(5)16-20-10-6-7-11-22(20)26-12-8-9-13-26/h6-7,10-11,17H,8-9,12-16H2,1-5H3. The fourth-order valence-corrected chi connectivity index (χ4v) is 4.05. The number of anilines is 1. The Hall–Kier alpha value is -2.30. The average Bonchev–Trinajstić information content (AvgIpc) is 3.26. The van der Waals surface area contributed by atoms with E-state index < -0.39 is 0 Å². The van der Waals surface area contributed by atoms with Crippen molar-refractivity contribution in [3.05, 3.63) is 46.8 Å². The maximum Gasteiger partial charge on any atom is 0.227 e. The summed E-state index contributed by atoms with van der Waals surface area (Å²) in [6.45, 7) is 12.2. The van der Waals surface area contributed by atoms with Crippen molar-refractivity contribution in [3.8, 4) is 0 Å². The predicted molar refractivity (Wildman–Crippen MR) is 115 cm³/mol. The SMILES string of the molecule is Cc1nn(CC(C)C)c(C)c1CC(=O)N(C)Cc1ccccc1N1CCCC1. The van der Waals surface area contributed by atoms with Gasteiger partial charge in [0.1, 0.15) is 0 Å². The van der Waals surface area contributed by atoms with Gasteiger partial charge in [0, 0.05) is 50.2 Å². The van der Waals surface area contributed by atoms with Gasteiger partial charge in [-0.05, 0) is 44.2 Å². The first-order chi connectivity index (χ1) is 13.4. The number of carbonyl (C=O) groups is 1. The van der Waals surface area contributed by atoms with Gasteiger partial charge in [-0.15, -0.1) is 0 Å². The summed E-state index contributed by atoms with van der Waals surface area (Å²) in [5.74, 6) is 0.679. The third-order valence-electron chi connectivity index (χ3n) is 5.67. The van der Waals surface area contributed by atoms with Gasteiger partial charge >= 0.3 is 0 Å². The lowest BCUT2D eigenvalue weighted by molar-refractivity contribution is -0.129. The van der Waals surface area contributed by atoms with E-state index >= 15 is 0 Å². The van der Waals surface area contributed by atoms with Gasteiger partial charge in [-0.3, -0.25) is 9.48 Å². The molecule has 5 nitrogen and oxygen atoms in total. The number of nitrogens with zero attached hydrogens (tertiary/aromatic N) is 4. The molecule has 0 aliphatic carbocycles. The zero-order valence-electron chi connectivity index (χ0n) is 18.0. The molecule has 3 rings (SSSR count). The zero-order chi connectivity index (χ0) is 20.3. The lowest BCUT2D eigenvalue weighted by atomic mass is 10.1. The number of aryl methyl sites for hydroxylation is 1. The maximum absolute atomic E-state index is 13.0. The van der Waals surface area contributed by atoms with Crippen LogP contribution in [0, 0.1) is 19.8 Å². The molecular formula is C23H34N4O. The van der Waals surface area contributed by atoms with E-state index in [4.69, 9.17) is 0 Å². The number of para-hydroxylation sites is 1. The number of rotatable bonds is 7. The van der Waals surface area contributed by atoms with Gasteiger partial charge in [0.2, 0.25) is 5.91 Å². The van der Waals surface area contributed by atoms with Crippen molar-refractivity contribution in [1.29, 1.82) is 0 Å². The van der Waals surface area contributed by atoms with Crippen LogP contribution in [-0.2, 0) is 24.3 Å². The summed E-state index contributed by atoms with van der Waals surface area (Å²) in [4.78, 5) is 17.3. The highest BCUT2D eigenvalue weighted by molar-refractivity contribution is 5.79. The number of benzene rings is 1. The molecule has 1 aliphatic heterocycles. The second kappa shape index (κ2) is 8.80. The second-order valence-electron chi connectivity index (χ2n) is 8.47. The van der Waals surface area contributed by atoms with Crippen LogP contribution in [-0.4, -0.2) is 40.7 Å². The molecule has 5 heteroatoms. The summed E-state index contributed by atoms with van der Waals surface area (Å²) >= 11 is 0. The van der Waals surface area contributed by atoms with Gasteiger partial charge in [-0.25, -0.2) is 0 Å². The summed E-state index contributed by atoms with van der Waals surface area (Å²) in [5, 5.41) is 4.65. The van der Waals surface area contributed by atoms with E-state index in [2.05, 4.69) is 55.0 Å². The van der Waals surface area contributed by atoms with Crippen LogP contribution in [0.4, 0.5) is 5.69 Å². The third kappa shape index (κ3) is 4.57. The molecule has 0 spiro atoms. The molecule has 1 aliphatic rings. The fourth-order valence-electron chi connectivity index (χ4n) is 4.05. The average molecular weight is 383 g/mol. The van der Waals surface area contributed by atoms with Gasteiger partial charge in [0.05, 0.1) is 12.1 Å². The van der Waals surface area contributed by atoms with Crippen molar-refractivity contribution in [2.75, 3.05) is 25.0 Å². The van der Waals surface area contributed by atoms with Crippen LogP contribution in [0.1, 0.15) is 49.2 Å². The Balaban J connectivity index is 1.70. The van der Waals surface area contributed by atoms with E-state index in [1.807, 2.05) is 23.6 Å². The molecule has 1 fully saturated rings. The van der Waals surface area contributed by atoms with Crippen LogP contribution in [0.3, 0.4) is 0 Å². The first-order valence-corrected chi connectivity index (χ1v) is 10.5. The summed E-state index contributed by atoms with van der Waals surface area (Å²) in [5.41, 5.74) is 5.66. The van der Waals surface area contributed by atoms with Crippen molar-refractivity contribution in [2.45, 2.75) is 60.0 Å². The summed E-state index contributed by atoms with van der Waals surface area (Å²) in [6.07, 6.45) is 2.92. The maximum atomic E-state index is 13.0. The van der Waals surface area contributed by atoms with E-state index in [9.17, 15) is 4.79 Å². The fraction of sp³-hybridized carbons (Fsp3) is 0.565. The molecule has 152 valence electrons. The Labute approximate surface area is 169 Å². The lowest BCUT2D eigenvalue weighted by Gasteiger charge is -2.24. The monoisotopic (exact) mass is 382 g/mol. The largest absolute Gasteiger partial charge is 0.371 e.